The van der Waals surface area contributed by atoms with Gasteiger partial charge in [0.15, 0.2) is 10.3 Å². The Morgan fingerprint density at radius 3 is 1.87 bits per heavy atom. The van der Waals surface area contributed by atoms with Crippen molar-refractivity contribution in [3.8, 4) is 11.5 Å². The van der Waals surface area contributed by atoms with Crippen molar-refractivity contribution in [2.24, 2.45) is 0 Å². The van der Waals surface area contributed by atoms with E-state index in [4.69, 9.17) is 9.47 Å². The Hall–Kier alpha value is -5.70. The summed E-state index contributed by atoms with van der Waals surface area (Å²) in [6, 6.07) is 6.94. The molecule has 0 atom stereocenters. The minimum atomic E-state index is -0.903. The molecule has 62 heavy (non-hydrogen) atoms. The van der Waals surface area contributed by atoms with Gasteiger partial charge in [0, 0.05) is 42.8 Å². The number of aryl methyl sites for hydroxylation is 2. The molecule has 16 nitrogen and oxygen atoms in total. The van der Waals surface area contributed by atoms with Crippen LogP contribution in [0.5, 0.6) is 11.5 Å². The second-order valence-corrected chi connectivity index (χ2v) is 19.7. The zero-order chi connectivity index (χ0) is 45.9. The van der Waals surface area contributed by atoms with Gasteiger partial charge in [0.25, 0.3) is 11.8 Å². The Morgan fingerprint density at radius 1 is 0.742 bits per heavy atom. The fraction of sp³-hybridized carbons (Fsp3) is 0.333. The highest BCUT2D eigenvalue weighted by molar-refractivity contribution is 8.01. The van der Waals surface area contributed by atoms with E-state index < -0.39 is 28.8 Å². The number of methoxy groups -OCH3 is 2. The quantitative estimate of drug-likeness (QED) is 0.0549. The Labute approximate surface area is 376 Å². The average molecular weight is 923 g/mol. The zero-order valence-corrected chi connectivity index (χ0v) is 39.3. The van der Waals surface area contributed by atoms with E-state index in [1.807, 2.05) is 13.8 Å². The maximum Gasteiger partial charge on any atom is 0.255 e. The van der Waals surface area contributed by atoms with Gasteiger partial charge >= 0.3 is 0 Å². The smallest absolute Gasteiger partial charge is 0.255 e. The number of nitrogens with zero attached hydrogens (tertiary/aromatic N) is 2. The van der Waals surface area contributed by atoms with E-state index in [2.05, 4.69) is 48.4 Å². The first-order chi connectivity index (χ1) is 29.1. The van der Waals surface area contributed by atoms with Crippen LogP contribution in [-0.2, 0) is 19.2 Å². The Morgan fingerprint density at radius 2 is 1.29 bits per heavy atom. The van der Waals surface area contributed by atoms with Crippen molar-refractivity contribution in [3.05, 3.63) is 77.1 Å². The summed E-state index contributed by atoms with van der Waals surface area (Å²) >= 11 is 5.22. The van der Waals surface area contributed by atoms with Crippen molar-refractivity contribution in [2.45, 2.75) is 84.7 Å². The van der Waals surface area contributed by atoms with Crippen molar-refractivity contribution >= 4 is 98.0 Å². The van der Waals surface area contributed by atoms with Gasteiger partial charge in [-0.25, -0.2) is 9.97 Å². The van der Waals surface area contributed by atoms with E-state index in [-0.39, 0.29) is 36.4 Å². The second-order valence-electron chi connectivity index (χ2n) is 15.0. The third-order valence-electron chi connectivity index (χ3n) is 8.45. The number of amides is 6. The zero-order valence-electron chi connectivity index (χ0n) is 36.0. The number of thiazole rings is 2. The summed E-state index contributed by atoms with van der Waals surface area (Å²) in [4.78, 5) is 85.8. The molecule has 0 unspecified atom stereocenters. The number of hydrogen-bond acceptors (Lipinski definition) is 14. The van der Waals surface area contributed by atoms with Crippen LogP contribution in [0.15, 0.2) is 67.4 Å². The van der Waals surface area contributed by atoms with Gasteiger partial charge < -0.3 is 41.4 Å². The highest BCUT2D eigenvalue weighted by atomic mass is 32.2. The minimum absolute atomic E-state index is 0.0635. The van der Waals surface area contributed by atoms with Crippen molar-refractivity contribution in [1.29, 1.82) is 0 Å². The van der Waals surface area contributed by atoms with Crippen LogP contribution in [0.25, 0.3) is 6.08 Å². The first-order valence-corrected chi connectivity index (χ1v) is 22.1. The largest absolute Gasteiger partial charge is 0.496 e. The molecule has 0 aliphatic rings. The lowest BCUT2D eigenvalue weighted by Crippen LogP contribution is -2.51. The molecule has 0 fully saturated rings. The number of nitrogens with one attached hydrogen (secondary N) is 6. The summed E-state index contributed by atoms with van der Waals surface area (Å²) in [7, 11) is 2.95. The van der Waals surface area contributed by atoms with Gasteiger partial charge in [0.05, 0.1) is 56.7 Å². The van der Waals surface area contributed by atoms with Crippen LogP contribution in [-0.4, -0.2) is 83.8 Å². The van der Waals surface area contributed by atoms with E-state index in [0.717, 1.165) is 26.3 Å². The van der Waals surface area contributed by atoms with Gasteiger partial charge in [-0.15, -0.1) is 0 Å². The molecule has 4 aromatic rings. The van der Waals surface area contributed by atoms with Gasteiger partial charge in [-0.05, 0) is 89.1 Å². The Kier molecular flexibility index (Phi) is 16.9. The van der Waals surface area contributed by atoms with Gasteiger partial charge in [-0.1, -0.05) is 52.8 Å². The third kappa shape index (κ3) is 14.2. The number of anilines is 2. The van der Waals surface area contributed by atoms with E-state index in [0.29, 0.717) is 42.1 Å². The van der Waals surface area contributed by atoms with Crippen molar-refractivity contribution in [3.63, 3.8) is 0 Å². The summed E-state index contributed by atoms with van der Waals surface area (Å²) in [5.74, 6) is -1.47. The van der Waals surface area contributed by atoms with Gasteiger partial charge in [-0.3, -0.25) is 28.8 Å². The minimum Gasteiger partial charge on any atom is -0.496 e. The second kappa shape index (κ2) is 21.4. The molecular formula is C42H50N8O8S4. The lowest BCUT2D eigenvalue weighted by molar-refractivity contribution is -0.118. The van der Waals surface area contributed by atoms with Crippen LogP contribution >= 0.6 is 46.2 Å². The number of hydrogen-bond donors (Lipinski definition) is 6. The van der Waals surface area contributed by atoms with E-state index >= 15 is 0 Å². The molecule has 0 aliphatic carbocycles. The van der Waals surface area contributed by atoms with Crippen molar-refractivity contribution in [1.82, 2.24) is 31.2 Å². The molecule has 0 saturated heterocycles. The van der Waals surface area contributed by atoms with Crippen LogP contribution in [0.2, 0.25) is 0 Å². The molecule has 330 valence electrons. The fourth-order valence-electron chi connectivity index (χ4n) is 5.43. The van der Waals surface area contributed by atoms with Crippen molar-refractivity contribution < 1.29 is 38.2 Å². The summed E-state index contributed by atoms with van der Waals surface area (Å²) in [5.41, 5.74) is 0.969. The SMILES string of the molecule is C=CC(=O)NC(C)(C)CNC(=O)c1cc(Sc2sc(NC(C)=O)nc2C=CC(=O)NCC(C)(C)NC(=O)c2cc(Sc3cnc(NC(C)=O)s3)c(C)cc2OC)c(C)cc1OC. The number of rotatable bonds is 19. The van der Waals surface area contributed by atoms with E-state index in [1.165, 1.54) is 86.4 Å². The molecular weight excluding hydrogens is 873 g/mol. The van der Waals surface area contributed by atoms with Crippen LogP contribution < -0.4 is 41.4 Å². The molecule has 2 aromatic carbocycles. The average Bonchev–Trinajstić information content (AvgIpc) is 3.80. The van der Waals surface area contributed by atoms with Gasteiger partial charge in [0.1, 0.15) is 11.5 Å². The lowest BCUT2D eigenvalue weighted by atomic mass is 10.0. The third-order valence-corrected chi connectivity index (χ3v) is 13.0. The number of carbonyl (C=O) groups is 6. The van der Waals surface area contributed by atoms with E-state index in [9.17, 15) is 28.8 Å². The highest BCUT2D eigenvalue weighted by Gasteiger charge is 2.26. The van der Waals surface area contributed by atoms with Crippen LogP contribution in [0.1, 0.15) is 79.1 Å². The van der Waals surface area contributed by atoms with Crippen molar-refractivity contribution in [2.75, 3.05) is 37.9 Å². The summed E-state index contributed by atoms with van der Waals surface area (Å²) in [6.07, 6.45) is 5.65. The molecule has 0 bridgehead atoms. The summed E-state index contributed by atoms with van der Waals surface area (Å²) in [6.45, 7) is 17.3. The highest BCUT2D eigenvalue weighted by Crippen LogP contribution is 2.41. The summed E-state index contributed by atoms with van der Waals surface area (Å²) < 4.78 is 12.5. The fourth-order valence-corrected chi connectivity index (χ4v) is 9.63. The molecule has 6 amide bonds. The molecule has 20 heteroatoms. The molecule has 2 aromatic heterocycles. The monoisotopic (exact) mass is 922 g/mol. The summed E-state index contributed by atoms with van der Waals surface area (Å²) in [5, 5.41) is 17.6. The standard InChI is InChI=1S/C42H50N8O8S4/c1-12-33(53)49-41(6,7)21-45-36(55)26-17-32(23(3)16-29(26)57-10)60-38-28(48-40(62-38)47-25(5)52)13-14-34(54)44-20-42(8,9)50-37(56)27-18-31(22(2)15-30(27)58-11)59-35-19-43-39(61-35)46-24(4)51/h12-19H,1,20-21H2,2-11H3,(H,44,54)(H,45,55)(H,49,53)(H,50,56)(H,43,46,51)(H,47,48,52). The van der Waals surface area contributed by atoms with Crippen LogP contribution in [0.3, 0.4) is 0 Å². The molecule has 4 rings (SSSR count). The molecule has 0 spiro atoms. The number of aromatic nitrogens is 2. The molecule has 0 aliphatic heterocycles. The molecule has 0 radical (unpaired) electrons. The molecule has 0 saturated carbocycles. The maximum absolute atomic E-state index is 13.7. The van der Waals surface area contributed by atoms with Gasteiger partial charge in [-0.2, -0.15) is 0 Å². The Bertz CT molecular complexity index is 2410. The number of benzene rings is 2. The maximum atomic E-state index is 13.7. The Balaban J connectivity index is 1.48. The normalized spacial score (nSPS) is 11.4. The lowest BCUT2D eigenvalue weighted by Gasteiger charge is -2.27. The predicted molar refractivity (Wildman–Crippen MR) is 245 cm³/mol. The first-order valence-electron chi connectivity index (χ1n) is 18.9. The first kappa shape index (κ1) is 49.0. The van der Waals surface area contributed by atoms with Crippen LogP contribution in [0.4, 0.5) is 10.3 Å². The molecule has 6 N–H and O–H groups in total. The topological polar surface area (TPSA) is 219 Å². The number of carbonyl (C=O) groups excluding carboxylic acids is 6. The predicted octanol–water partition coefficient (Wildman–Crippen LogP) is 6.60. The molecule has 2 heterocycles. The van der Waals surface area contributed by atoms with Crippen LogP contribution in [0, 0.1) is 13.8 Å². The van der Waals surface area contributed by atoms with Gasteiger partial charge in [0.2, 0.25) is 23.6 Å². The van der Waals surface area contributed by atoms with E-state index in [1.54, 1.807) is 58.2 Å². The number of ether oxygens (including phenoxy) is 2.